The van der Waals surface area contributed by atoms with Crippen LogP contribution in [0, 0.1) is 6.07 Å². The zero-order chi connectivity index (χ0) is 13.1. The van der Waals surface area contributed by atoms with E-state index in [-0.39, 0.29) is 0 Å². The summed E-state index contributed by atoms with van der Waals surface area (Å²) in [5.74, 6) is 0. The Morgan fingerprint density at radius 2 is 1.30 bits per heavy atom. The summed E-state index contributed by atoms with van der Waals surface area (Å²) in [7, 11) is 0. The largest absolute Gasteiger partial charge is 0.0616 e. The summed E-state index contributed by atoms with van der Waals surface area (Å²) in [6.45, 7) is 0. The quantitative estimate of drug-likeness (QED) is 0.250. The van der Waals surface area contributed by atoms with Crippen molar-refractivity contribution in [1.29, 1.82) is 0 Å². The van der Waals surface area contributed by atoms with Crippen molar-refractivity contribution >= 4 is 43.1 Å². The fourth-order valence-electron chi connectivity index (χ4n) is 3.42. The molecule has 0 saturated heterocycles. The van der Waals surface area contributed by atoms with Crippen molar-refractivity contribution in [2.24, 2.45) is 0 Å². The molecule has 1 radical (unpaired) electrons. The Morgan fingerprint density at radius 3 is 2.20 bits per heavy atom. The normalized spacial score (nSPS) is 12.0. The molecule has 0 aliphatic carbocycles. The zero-order valence-corrected chi connectivity index (χ0v) is 10.9. The van der Waals surface area contributed by atoms with Crippen LogP contribution in [0.4, 0.5) is 0 Å². The molecule has 5 rings (SSSR count). The van der Waals surface area contributed by atoms with Gasteiger partial charge in [0.1, 0.15) is 0 Å². The topological polar surface area (TPSA) is 0 Å². The monoisotopic (exact) mass is 251 g/mol. The fourth-order valence-corrected chi connectivity index (χ4v) is 3.42. The van der Waals surface area contributed by atoms with Crippen molar-refractivity contribution in [3.8, 4) is 0 Å². The Hall–Kier alpha value is -2.60. The summed E-state index contributed by atoms with van der Waals surface area (Å²) in [5, 5.41) is 10.6. The lowest BCUT2D eigenvalue weighted by Crippen LogP contribution is -1.85. The van der Waals surface area contributed by atoms with Gasteiger partial charge in [-0.05, 0) is 67.4 Å². The summed E-state index contributed by atoms with van der Waals surface area (Å²) in [4.78, 5) is 0. The number of hydrogen-bond acceptors (Lipinski definition) is 0. The van der Waals surface area contributed by atoms with Crippen LogP contribution in [0.1, 0.15) is 0 Å². The Morgan fingerprint density at radius 1 is 0.550 bits per heavy atom. The number of hydrogen-bond donors (Lipinski definition) is 0. The maximum absolute atomic E-state index is 3.23. The van der Waals surface area contributed by atoms with Crippen LogP contribution in [-0.4, -0.2) is 0 Å². The summed E-state index contributed by atoms with van der Waals surface area (Å²) in [5.41, 5.74) is 0. The van der Waals surface area contributed by atoms with E-state index < -0.39 is 0 Å². The highest BCUT2D eigenvalue weighted by Crippen LogP contribution is 2.37. The molecular formula is C20H11. The molecule has 0 amide bonds. The van der Waals surface area contributed by atoms with Crippen LogP contribution in [0.2, 0.25) is 0 Å². The molecule has 0 aliphatic heterocycles. The lowest BCUT2D eigenvalue weighted by atomic mass is 9.91. The van der Waals surface area contributed by atoms with Crippen molar-refractivity contribution in [3.05, 3.63) is 72.8 Å². The molecule has 0 unspecified atom stereocenters. The van der Waals surface area contributed by atoms with Gasteiger partial charge in [-0.3, -0.25) is 0 Å². The van der Waals surface area contributed by atoms with Crippen LogP contribution in [0.5, 0.6) is 0 Å². The molecule has 5 aromatic carbocycles. The van der Waals surface area contributed by atoms with Gasteiger partial charge in [0.2, 0.25) is 0 Å². The molecule has 0 bridgehead atoms. The number of fused-ring (bicyclic) bond motifs is 2. The van der Waals surface area contributed by atoms with Crippen molar-refractivity contribution < 1.29 is 0 Å². The van der Waals surface area contributed by atoms with E-state index in [4.69, 9.17) is 0 Å². The van der Waals surface area contributed by atoms with E-state index in [1.807, 2.05) is 0 Å². The average molecular weight is 251 g/mol. The molecule has 0 aromatic heterocycles. The molecule has 0 saturated carbocycles. The highest BCUT2D eigenvalue weighted by atomic mass is 14.1. The molecule has 0 N–H and O–H groups in total. The van der Waals surface area contributed by atoms with Crippen LogP contribution in [0.25, 0.3) is 43.1 Å². The molecule has 0 aliphatic rings. The first-order chi connectivity index (χ1) is 9.92. The van der Waals surface area contributed by atoms with E-state index in [0.29, 0.717) is 0 Å². The van der Waals surface area contributed by atoms with Crippen LogP contribution >= 0.6 is 0 Å². The molecule has 0 spiro atoms. The molecule has 0 atom stereocenters. The minimum Gasteiger partial charge on any atom is -0.0616 e. The van der Waals surface area contributed by atoms with Crippen molar-refractivity contribution in [2.45, 2.75) is 0 Å². The van der Waals surface area contributed by atoms with Gasteiger partial charge in [0.25, 0.3) is 0 Å². The molecular weight excluding hydrogens is 240 g/mol. The summed E-state index contributed by atoms with van der Waals surface area (Å²) >= 11 is 0. The third-order valence-corrected chi connectivity index (χ3v) is 4.30. The van der Waals surface area contributed by atoms with Gasteiger partial charge in [0, 0.05) is 0 Å². The minimum absolute atomic E-state index is 1.27. The summed E-state index contributed by atoms with van der Waals surface area (Å²) < 4.78 is 0. The van der Waals surface area contributed by atoms with Crippen LogP contribution < -0.4 is 0 Å². The molecule has 91 valence electrons. The van der Waals surface area contributed by atoms with E-state index in [0.717, 1.165) is 0 Å². The van der Waals surface area contributed by atoms with Gasteiger partial charge in [-0.15, -0.1) is 0 Å². The summed E-state index contributed by atoms with van der Waals surface area (Å²) in [6.07, 6.45) is 0. The Bertz CT molecular complexity index is 1070. The molecule has 0 nitrogen and oxygen atoms in total. The Labute approximate surface area is 116 Å². The Balaban J connectivity index is 2.23. The van der Waals surface area contributed by atoms with E-state index in [9.17, 15) is 0 Å². The van der Waals surface area contributed by atoms with E-state index >= 15 is 0 Å². The second-order valence-electron chi connectivity index (χ2n) is 5.38. The third kappa shape index (κ3) is 1.16. The van der Waals surface area contributed by atoms with Crippen LogP contribution in [-0.2, 0) is 0 Å². The van der Waals surface area contributed by atoms with Gasteiger partial charge < -0.3 is 0 Å². The number of rotatable bonds is 0. The van der Waals surface area contributed by atoms with Crippen molar-refractivity contribution in [1.82, 2.24) is 0 Å². The SMILES string of the molecule is [c]1cc2ccc3cc4ccccc4c4ccc(c1)c2c34. The van der Waals surface area contributed by atoms with Gasteiger partial charge in [0.15, 0.2) is 0 Å². The molecule has 20 heavy (non-hydrogen) atoms. The van der Waals surface area contributed by atoms with Crippen molar-refractivity contribution in [3.63, 3.8) is 0 Å². The maximum Gasteiger partial charge on any atom is -0.00203 e. The fraction of sp³-hybridized carbons (Fsp3) is 0. The highest BCUT2D eigenvalue weighted by Gasteiger charge is 2.10. The van der Waals surface area contributed by atoms with Crippen molar-refractivity contribution in [2.75, 3.05) is 0 Å². The third-order valence-electron chi connectivity index (χ3n) is 4.30. The van der Waals surface area contributed by atoms with E-state index in [1.165, 1.54) is 43.1 Å². The van der Waals surface area contributed by atoms with Crippen LogP contribution in [0.15, 0.2) is 66.7 Å². The minimum atomic E-state index is 1.27. The molecule has 0 heterocycles. The standard InChI is InChI=1S/C20H11/c1-2-7-17-15(4-1)12-16-9-8-13-5-3-6-14-10-11-18(17)20(16)19(13)14/h1-2,4-12H. The number of benzene rings is 5. The first-order valence-electron chi connectivity index (χ1n) is 6.88. The van der Waals surface area contributed by atoms with Gasteiger partial charge in [-0.1, -0.05) is 48.5 Å². The zero-order valence-electron chi connectivity index (χ0n) is 10.9. The molecule has 0 heteroatoms. The highest BCUT2D eigenvalue weighted by molar-refractivity contribution is 6.28. The average Bonchev–Trinajstić information content (AvgIpc) is 2.52. The van der Waals surface area contributed by atoms with Gasteiger partial charge >= 0.3 is 0 Å². The predicted molar refractivity (Wildman–Crippen MR) is 86.5 cm³/mol. The van der Waals surface area contributed by atoms with Crippen LogP contribution in [0.3, 0.4) is 0 Å². The van der Waals surface area contributed by atoms with Gasteiger partial charge in [-0.25, -0.2) is 0 Å². The van der Waals surface area contributed by atoms with Gasteiger partial charge in [-0.2, -0.15) is 0 Å². The molecule has 5 aromatic rings. The van der Waals surface area contributed by atoms with E-state index in [2.05, 4.69) is 72.8 Å². The second-order valence-corrected chi connectivity index (χ2v) is 5.38. The first kappa shape index (κ1) is 10.2. The second kappa shape index (κ2) is 3.49. The Kier molecular flexibility index (Phi) is 1.78. The van der Waals surface area contributed by atoms with Gasteiger partial charge in [0.05, 0.1) is 0 Å². The lowest BCUT2D eigenvalue weighted by molar-refractivity contribution is 1.78. The molecule has 0 fully saturated rings. The smallest absolute Gasteiger partial charge is 0.00203 e. The predicted octanol–water partition coefficient (Wildman–Crippen LogP) is 5.54. The first-order valence-corrected chi connectivity index (χ1v) is 6.88. The van der Waals surface area contributed by atoms with E-state index in [1.54, 1.807) is 0 Å². The lowest BCUT2D eigenvalue weighted by Gasteiger charge is -2.12. The summed E-state index contributed by atoms with van der Waals surface area (Å²) in [6, 6.07) is 27.2. The maximum atomic E-state index is 3.23.